The van der Waals surface area contributed by atoms with Crippen molar-refractivity contribution in [2.45, 2.75) is 26.6 Å². The van der Waals surface area contributed by atoms with Crippen molar-refractivity contribution in [1.82, 2.24) is 0 Å². The molecule has 0 saturated carbocycles. The van der Waals surface area contributed by atoms with Crippen molar-refractivity contribution in [2.75, 3.05) is 6.61 Å². The zero-order valence-electron chi connectivity index (χ0n) is 10.9. The molecule has 0 fully saturated rings. The summed E-state index contributed by atoms with van der Waals surface area (Å²) in [5.74, 6) is -1.68. The Bertz CT molecular complexity index is 547. The maximum Gasteiger partial charge on any atom is 0.573 e. The molecule has 0 unspecified atom stereocenters. The number of esters is 1. The molecule has 0 radical (unpaired) electrons. The van der Waals surface area contributed by atoms with E-state index in [1.54, 1.807) is 13.0 Å². The highest BCUT2D eigenvalue weighted by molar-refractivity contribution is 5.96. The summed E-state index contributed by atoms with van der Waals surface area (Å²) in [6.45, 7) is 3.10. The van der Waals surface area contributed by atoms with Gasteiger partial charge in [0.1, 0.15) is 17.4 Å². The van der Waals surface area contributed by atoms with Gasteiger partial charge in [-0.3, -0.25) is 0 Å². The Kier molecular flexibility index (Phi) is 4.97. The molecule has 0 spiro atoms. The van der Waals surface area contributed by atoms with Crippen molar-refractivity contribution < 1.29 is 27.4 Å². The SMILES string of the molecule is CCOC(=O)c1c(C#N)ccc(CC)c1OC(F)(F)F. The summed E-state index contributed by atoms with van der Waals surface area (Å²) >= 11 is 0. The first-order valence-corrected chi connectivity index (χ1v) is 5.82. The van der Waals surface area contributed by atoms with Gasteiger partial charge in [-0.1, -0.05) is 13.0 Å². The lowest BCUT2D eigenvalue weighted by Crippen LogP contribution is -2.21. The van der Waals surface area contributed by atoms with E-state index in [1.807, 2.05) is 0 Å². The van der Waals surface area contributed by atoms with Gasteiger partial charge >= 0.3 is 12.3 Å². The maximum atomic E-state index is 12.5. The van der Waals surface area contributed by atoms with Crippen LogP contribution in [-0.4, -0.2) is 18.9 Å². The van der Waals surface area contributed by atoms with Crippen LogP contribution in [0.3, 0.4) is 0 Å². The summed E-state index contributed by atoms with van der Waals surface area (Å²) in [7, 11) is 0. The minimum absolute atomic E-state index is 0.0223. The molecule has 0 saturated heterocycles. The third-order valence-electron chi connectivity index (χ3n) is 2.44. The summed E-state index contributed by atoms with van der Waals surface area (Å²) in [5, 5.41) is 8.93. The molecular weight excluding hydrogens is 275 g/mol. The molecule has 0 aliphatic rings. The first-order chi connectivity index (χ1) is 9.34. The zero-order valence-corrected chi connectivity index (χ0v) is 10.9. The van der Waals surface area contributed by atoms with Gasteiger partial charge in [0.15, 0.2) is 0 Å². The smallest absolute Gasteiger partial charge is 0.462 e. The lowest BCUT2D eigenvalue weighted by molar-refractivity contribution is -0.275. The number of nitriles is 1. The van der Waals surface area contributed by atoms with Crippen LogP contribution >= 0.6 is 0 Å². The Hall–Kier alpha value is -2.23. The molecule has 0 atom stereocenters. The topological polar surface area (TPSA) is 59.3 Å². The van der Waals surface area contributed by atoms with Crippen LogP contribution in [0.1, 0.15) is 35.3 Å². The number of aryl methyl sites for hydroxylation is 1. The largest absolute Gasteiger partial charge is 0.573 e. The second-order valence-electron chi connectivity index (χ2n) is 3.71. The highest BCUT2D eigenvalue weighted by Crippen LogP contribution is 2.33. The highest BCUT2D eigenvalue weighted by atomic mass is 19.4. The fourth-order valence-corrected chi connectivity index (χ4v) is 1.64. The van der Waals surface area contributed by atoms with Crippen LogP contribution in [0, 0.1) is 11.3 Å². The van der Waals surface area contributed by atoms with Crippen molar-refractivity contribution in [2.24, 2.45) is 0 Å². The molecule has 0 aliphatic heterocycles. The van der Waals surface area contributed by atoms with Crippen LogP contribution in [0.25, 0.3) is 0 Å². The third-order valence-corrected chi connectivity index (χ3v) is 2.44. The molecule has 0 bridgehead atoms. The van der Waals surface area contributed by atoms with Crippen LogP contribution in [0.2, 0.25) is 0 Å². The number of alkyl halides is 3. The Morgan fingerprint density at radius 3 is 2.45 bits per heavy atom. The zero-order chi connectivity index (χ0) is 15.3. The fraction of sp³-hybridized carbons (Fsp3) is 0.385. The number of ether oxygens (including phenoxy) is 2. The molecule has 1 rings (SSSR count). The summed E-state index contributed by atoms with van der Waals surface area (Å²) in [6, 6.07) is 4.26. The van der Waals surface area contributed by atoms with Gasteiger partial charge in [-0.05, 0) is 25.0 Å². The minimum atomic E-state index is -4.96. The molecule has 20 heavy (non-hydrogen) atoms. The molecule has 108 valence electrons. The monoisotopic (exact) mass is 287 g/mol. The van der Waals surface area contributed by atoms with Crippen molar-refractivity contribution in [1.29, 1.82) is 5.26 Å². The average molecular weight is 287 g/mol. The van der Waals surface area contributed by atoms with E-state index in [-0.39, 0.29) is 24.2 Å². The molecular formula is C13H12F3NO3. The lowest BCUT2D eigenvalue weighted by atomic mass is 10.0. The van der Waals surface area contributed by atoms with Crippen molar-refractivity contribution in [3.63, 3.8) is 0 Å². The van der Waals surface area contributed by atoms with Crippen LogP contribution in [0.4, 0.5) is 13.2 Å². The van der Waals surface area contributed by atoms with Crippen molar-refractivity contribution >= 4 is 5.97 Å². The van der Waals surface area contributed by atoms with E-state index in [2.05, 4.69) is 9.47 Å². The van der Waals surface area contributed by atoms with Crippen LogP contribution in [-0.2, 0) is 11.2 Å². The molecule has 0 aliphatic carbocycles. The summed E-state index contributed by atoms with van der Waals surface area (Å²) in [5.41, 5.74) is -0.546. The third kappa shape index (κ3) is 3.63. The molecule has 0 aromatic heterocycles. The molecule has 0 N–H and O–H groups in total. The predicted octanol–water partition coefficient (Wildman–Crippen LogP) is 3.20. The second-order valence-corrected chi connectivity index (χ2v) is 3.71. The number of carbonyl (C=O) groups excluding carboxylic acids is 1. The summed E-state index contributed by atoms with van der Waals surface area (Å²) in [6.07, 6.45) is -4.75. The molecule has 7 heteroatoms. The molecule has 0 heterocycles. The van der Waals surface area contributed by atoms with E-state index in [9.17, 15) is 18.0 Å². The van der Waals surface area contributed by atoms with Crippen molar-refractivity contribution in [3.8, 4) is 11.8 Å². The van der Waals surface area contributed by atoms with Crippen LogP contribution in [0.15, 0.2) is 12.1 Å². The van der Waals surface area contributed by atoms with E-state index in [0.29, 0.717) is 0 Å². The standard InChI is InChI=1S/C13H12F3NO3/c1-3-8-5-6-9(7-17)10(12(18)19-4-2)11(8)20-13(14,15)16/h5-6H,3-4H2,1-2H3. The number of halogens is 3. The van der Waals surface area contributed by atoms with Crippen LogP contribution in [0.5, 0.6) is 5.75 Å². The number of hydrogen-bond donors (Lipinski definition) is 0. The van der Waals surface area contributed by atoms with E-state index in [1.165, 1.54) is 19.1 Å². The lowest BCUT2D eigenvalue weighted by Gasteiger charge is -2.16. The number of hydrogen-bond acceptors (Lipinski definition) is 4. The van der Waals surface area contributed by atoms with Gasteiger partial charge in [0.2, 0.25) is 0 Å². The Morgan fingerprint density at radius 1 is 1.35 bits per heavy atom. The number of benzene rings is 1. The highest BCUT2D eigenvalue weighted by Gasteiger charge is 2.35. The minimum Gasteiger partial charge on any atom is -0.462 e. The van der Waals surface area contributed by atoms with E-state index in [4.69, 9.17) is 5.26 Å². The van der Waals surface area contributed by atoms with Crippen LogP contribution < -0.4 is 4.74 Å². The summed E-state index contributed by atoms with van der Waals surface area (Å²) in [4.78, 5) is 11.8. The average Bonchev–Trinajstić information content (AvgIpc) is 2.36. The van der Waals surface area contributed by atoms with E-state index >= 15 is 0 Å². The number of carbonyl (C=O) groups is 1. The molecule has 1 aromatic rings. The van der Waals surface area contributed by atoms with E-state index in [0.717, 1.165) is 0 Å². The van der Waals surface area contributed by atoms with Gasteiger partial charge in [0.05, 0.1) is 12.2 Å². The van der Waals surface area contributed by atoms with Gasteiger partial charge in [0.25, 0.3) is 0 Å². The Morgan fingerprint density at radius 2 is 2.00 bits per heavy atom. The number of rotatable bonds is 4. The normalized spacial score (nSPS) is 10.8. The predicted molar refractivity (Wildman–Crippen MR) is 63.2 cm³/mol. The van der Waals surface area contributed by atoms with Gasteiger partial charge in [-0.2, -0.15) is 5.26 Å². The molecule has 1 aromatic carbocycles. The maximum absolute atomic E-state index is 12.5. The van der Waals surface area contributed by atoms with Crippen molar-refractivity contribution in [3.05, 3.63) is 28.8 Å². The second kappa shape index (κ2) is 6.28. The van der Waals surface area contributed by atoms with Gasteiger partial charge in [0, 0.05) is 0 Å². The quantitative estimate of drug-likeness (QED) is 0.798. The summed E-state index contributed by atoms with van der Waals surface area (Å²) < 4.78 is 46.0. The molecule has 4 nitrogen and oxygen atoms in total. The van der Waals surface area contributed by atoms with Gasteiger partial charge in [-0.15, -0.1) is 13.2 Å². The van der Waals surface area contributed by atoms with Gasteiger partial charge in [-0.25, -0.2) is 4.79 Å². The Balaban J connectivity index is 3.49. The first kappa shape index (κ1) is 15.8. The fourth-order valence-electron chi connectivity index (χ4n) is 1.64. The number of nitrogens with zero attached hydrogens (tertiary/aromatic N) is 1. The van der Waals surface area contributed by atoms with Gasteiger partial charge < -0.3 is 9.47 Å². The molecule has 0 amide bonds. The van der Waals surface area contributed by atoms with E-state index < -0.39 is 23.6 Å². The Labute approximate surface area is 113 Å². The first-order valence-electron chi connectivity index (χ1n) is 5.82.